The van der Waals surface area contributed by atoms with Gasteiger partial charge in [-0.1, -0.05) is 47.0 Å². The van der Waals surface area contributed by atoms with E-state index in [0.29, 0.717) is 16.5 Å². The fraction of sp³-hybridized carbons (Fsp3) is 0.174. The number of benzene rings is 3. The highest BCUT2D eigenvalue weighted by atomic mass is 35.5. The minimum Gasteiger partial charge on any atom is -0.506 e. The molecule has 1 aliphatic carbocycles. The molecule has 0 aromatic heterocycles. The van der Waals surface area contributed by atoms with Gasteiger partial charge in [0.1, 0.15) is 15.8 Å². The lowest BCUT2D eigenvalue weighted by Gasteiger charge is -2.20. The standard InChI is InChI=1S/C23H18Cl2O4/c1-10-5-6-11(2)13(7-10)17-14-8-12(3)20(26)18(24)22(14)29-23-15(17)9-16(28-4)21(27)19(23)25/h5-9,26H,1-4H3. The third-order valence-electron chi connectivity index (χ3n) is 5.15. The van der Waals surface area contributed by atoms with E-state index in [1.807, 2.05) is 32.0 Å². The molecule has 2 aromatic carbocycles. The van der Waals surface area contributed by atoms with Crippen molar-refractivity contribution in [1.29, 1.82) is 0 Å². The molecule has 0 bridgehead atoms. The predicted molar refractivity (Wildman–Crippen MR) is 117 cm³/mol. The fourth-order valence-electron chi connectivity index (χ4n) is 3.61. The van der Waals surface area contributed by atoms with Crippen molar-refractivity contribution in [2.24, 2.45) is 0 Å². The summed E-state index contributed by atoms with van der Waals surface area (Å²) in [7, 11) is 1.42. The molecule has 1 aliphatic heterocycles. The Balaban J connectivity index is 2.33. The maximum absolute atomic E-state index is 12.5. The van der Waals surface area contributed by atoms with Crippen molar-refractivity contribution in [3.63, 3.8) is 0 Å². The highest BCUT2D eigenvalue weighted by Crippen LogP contribution is 2.48. The van der Waals surface area contributed by atoms with Crippen LogP contribution in [0.5, 0.6) is 11.5 Å². The fourth-order valence-corrected chi connectivity index (χ4v) is 4.13. The summed E-state index contributed by atoms with van der Waals surface area (Å²) in [4.78, 5) is 12.5. The normalized spacial score (nSPS) is 11.4. The maximum Gasteiger partial charge on any atom is 0.242 e. The van der Waals surface area contributed by atoms with E-state index in [1.165, 1.54) is 7.11 Å². The molecule has 0 atom stereocenters. The molecule has 1 heterocycles. The average molecular weight is 429 g/mol. The summed E-state index contributed by atoms with van der Waals surface area (Å²) in [5.74, 6) is 0.261. The van der Waals surface area contributed by atoms with Crippen molar-refractivity contribution in [2.75, 3.05) is 7.11 Å². The molecule has 0 spiro atoms. The van der Waals surface area contributed by atoms with E-state index in [2.05, 4.69) is 6.07 Å². The van der Waals surface area contributed by atoms with E-state index in [9.17, 15) is 9.90 Å². The van der Waals surface area contributed by atoms with Gasteiger partial charge in [-0.3, -0.25) is 4.79 Å². The Hall–Kier alpha value is -2.69. The Labute approximate surface area is 177 Å². The predicted octanol–water partition coefficient (Wildman–Crippen LogP) is 6.51. The molecule has 6 heteroatoms. The first-order valence-corrected chi connectivity index (χ1v) is 9.72. The smallest absolute Gasteiger partial charge is 0.242 e. The number of hydrogen-bond donors (Lipinski definition) is 1. The zero-order valence-corrected chi connectivity index (χ0v) is 17.8. The Morgan fingerprint density at radius 1 is 0.966 bits per heavy atom. The number of ether oxygens (including phenoxy) is 1. The van der Waals surface area contributed by atoms with Crippen molar-refractivity contribution in [3.8, 4) is 33.9 Å². The average Bonchev–Trinajstić information content (AvgIpc) is 2.70. The van der Waals surface area contributed by atoms with Crippen molar-refractivity contribution in [3.05, 3.63) is 67.3 Å². The molecule has 0 fully saturated rings. The van der Waals surface area contributed by atoms with Crippen LogP contribution in [0.4, 0.5) is 0 Å². The SMILES string of the molecule is COc1cc2c(-c3cc(C)ccc3C)c3cc(C)c(O)c(Cl)c3oc-2c(Cl)c1=O. The van der Waals surface area contributed by atoms with Gasteiger partial charge in [-0.25, -0.2) is 0 Å². The first-order valence-electron chi connectivity index (χ1n) is 8.97. The molecule has 0 saturated carbocycles. The number of fused-ring (bicyclic) bond motifs is 2. The third-order valence-corrected chi connectivity index (χ3v) is 5.85. The number of phenols is 1. The summed E-state index contributed by atoms with van der Waals surface area (Å²) in [6.45, 7) is 5.78. The van der Waals surface area contributed by atoms with E-state index in [0.717, 1.165) is 22.3 Å². The molecule has 0 amide bonds. The van der Waals surface area contributed by atoms with Crippen LogP contribution >= 0.6 is 23.2 Å². The van der Waals surface area contributed by atoms with Crippen LogP contribution in [0.3, 0.4) is 0 Å². The monoisotopic (exact) mass is 428 g/mol. The summed E-state index contributed by atoms with van der Waals surface area (Å²) in [5.41, 5.74) is 4.92. The van der Waals surface area contributed by atoms with Gasteiger partial charge in [0.05, 0.1) is 7.11 Å². The van der Waals surface area contributed by atoms with Gasteiger partial charge in [0.2, 0.25) is 5.43 Å². The number of methoxy groups -OCH3 is 1. The van der Waals surface area contributed by atoms with Gasteiger partial charge >= 0.3 is 0 Å². The molecule has 0 unspecified atom stereocenters. The van der Waals surface area contributed by atoms with Gasteiger partial charge in [-0.05, 0) is 49.6 Å². The summed E-state index contributed by atoms with van der Waals surface area (Å²) in [6.07, 6.45) is 0. The largest absolute Gasteiger partial charge is 0.506 e. The second kappa shape index (κ2) is 6.97. The maximum atomic E-state index is 12.5. The van der Waals surface area contributed by atoms with E-state index < -0.39 is 5.43 Å². The number of aryl methyl sites for hydroxylation is 3. The number of hydrogen-bond acceptors (Lipinski definition) is 4. The Morgan fingerprint density at radius 3 is 2.38 bits per heavy atom. The molecular weight excluding hydrogens is 411 g/mol. The number of rotatable bonds is 2. The van der Waals surface area contributed by atoms with Gasteiger partial charge in [0.15, 0.2) is 17.1 Å². The van der Waals surface area contributed by atoms with E-state index in [4.69, 9.17) is 32.4 Å². The van der Waals surface area contributed by atoms with Crippen LogP contribution in [0, 0.1) is 20.8 Å². The summed E-state index contributed by atoms with van der Waals surface area (Å²) < 4.78 is 11.2. The van der Waals surface area contributed by atoms with Gasteiger partial charge < -0.3 is 14.3 Å². The van der Waals surface area contributed by atoms with Crippen LogP contribution in [0.1, 0.15) is 16.7 Å². The summed E-state index contributed by atoms with van der Waals surface area (Å²) >= 11 is 12.8. The van der Waals surface area contributed by atoms with Crippen molar-refractivity contribution in [2.45, 2.75) is 20.8 Å². The second-order valence-electron chi connectivity index (χ2n) is 7.13. The quantitative estimate of drug-likeness (QED) is 0.369. The van der Waals surface area contributed by atoms with Gasteiger partial charge in [0, 0.05) is 16.5 Å². The van der Waals surface area contributed by atoms with Crippen molar-refractivity contribution in [1.82, 2.24) is 0 Å². The highest BCUT2D eigenvalue weighted by Gasteiger charge is 2.26. The number of halogens is 2. The van der Waals surface area contributed by atoms with Crippen molar-refractivity contribution >= 4 is 34.2 Å². The summed E-state index contributed by atoms with van der Waals surface area (Å²) in [5, 5.41) is 11.0. The minimum atomic E-state index is -0.468. The highest BCUT2D eigenvalue weighted by molar-refractivity contribution is 6.37. The van der Waals surface area contributed by atoms with Crippen LogP contribution < -0.4 is 10.2 Å². The van der Waals surface area contributed by atoms with Crippen LogP contribution in [0.2, 0.25) is 10.0 Å². The molecule has 29 heavy (non-hydrogen) atoms. The van der Waals surface area contributed by atoms with E-state index in [1.54, 1.807) is 13.0 Å². The molecule has 2 aliphatic rings. The van der Waals surface area contributed by atoms with Gasteiger partial charge in [0.25, 0.3) is 0 Å². The van der Waals surface area contributed by atoms with Crippen LogP contribution in [-0.4, -0.2) is 12.2 Å². The Morgan fingerprint density at radius 2 is 1.69 bits per heavy atom. The first kappa shape index (κ1) is 19.6. The van der Waals surface area contributed by atoms with Crippen molar-refractivity contribution < 1.29 is 14.3 Å². The summed E-state index contributed by atoms with van der Waals surface area (Å²) in [6, 6.07) is 9.58. The van der Waals surface area contributed by atoms with E-state index in [-0.39, 0.29) is 32.9 Å². The number of aromatic hydroxyl groups is 1. The molecular formula is C23H18Cl2O4. The minimum absolute atomic E-state index is 0.0684. The van der Waals surface area contributed by atoms with E-state index >= 15 is 0 Å². The molecule has 0 radical (unpaired) electrons. The molecule has 148 valence electrons. The zero-order chi connectivity index (χ0) is 21.0. The molecule has 4 rings (SSSR count). The number of phenolic OH excluding ortho intramolecular Hbond substituents is 1. The first-order chi connectivity index (χ1) is 13.7. The molecule has 1 N–H and O–H groups in total. The second-order valence-corrected chi connectivity index (χ2v) is 7.88. The van der Waals surface area contributed by atoms with Gasteiger partial charge in [-0.2, -0.15) is 0 Å². The van der Waals surface area contributed by atoms with Gasteiger partial charge in [-0.15, -0.1) is 0 Å². The third kappa shape index (κ3) is 2.95. The lowest BCUT2D eigenvalue weighted by molar-refractivity contribution is 0.410. The molecule has 0 saturated heterocycles. The van der Waals surface area contributed by atoms with Crippen LogP contribution in [0.15, 0.2) is 39.5 Å². The Bertz CT molecular complexity index is 1320. The molecule has 2 aromatic rings. The topological polar surface area (TPSA) is 59.7 Å². The Kier molecular flexibility index (Phi) is 4.72. The zero-order valence-electron chi connectivity index (χ0n) is 16.3. The molecule has 4 nitrogen and oxygen atoms in total. The lowest BCUT2D eigenvalue weighted by atomic mass is 9.89. The van der Waals surface area contributed by atoms with Crippen LogP contribution in [0.25, 0.3) is 33.4 Å². The lowest BCUT2D eigenvalue weighted by Crippen LogP contribution is -2.09. The van der Waals surface area contributed by atoms with Crippen LogP contribution in [-0.2, 0) is 0 Å².